The average Bonchev–Trinajstić information content (AvgIpc) is 2.83. The van der Waals surface area contributed by atoms with Crippen molar-refractivity contribution in [3.05, 3.63) is 10.8 Å². The molecule has 2 aliphatic rings. The third-order valence-electron chi connectivity index (χ3n) is 2.01. The van der Waals surface area contributed by atoms with Crippen LogP contribution in [0.15, 0.2) is 9.98 Å². The van der Waals surface area contributed by atoms with Gasteiger partial charge >= 0.3 is 19.5 Å². The minimum absolute atomic E-state index is 0. The van der Waals surface area contributed by atoms with E-state index in [4.69, 9.17) is 22.3 Å². The maximum Gasteiger partial charge on any atom is 2.00 e. The van der Waals surface area contributed by atoms with E-state index >= 15 is 0 Å². The Balaban J connectivity index is -0.000000253. The Bertz CT molecular complexity index is 491. The summed E-state index contributed by atoms with van der Waals surface area (Å²) in [6.45, 7) is 0.650. The molecular formula is C10H14N8O2S2Zn. The van der Waals surface area contributed by atoms with Crippen molar-refractivity contribution < 1.29 is 29.1 Å². The number of rotatable bonds is 0. The van der Waals surface area contributed by atoms with Gasteiger partial charge in [-0.1, -0.05) is 24.4 Å². The molecule has 0 aliphatic carbocycles. The number of carbonyl (C=O) groups is 2. The van der Waals surface area contributed by atoms with Crippen LogP contribution in [0.25, 0.3) is 10.8 Å². The topological polar surface area (TPSA) is 162 Å². The fourth-order valence-electron chi connectivity index (χ4n) is 1.06. The van der Waals surface area contributed by atoms with E-state index in [1.165, 1.54) is 10.3 Å². The number of carbonyl (C=O) groups excluding carboxylic acids is 2. The molecule has 13 heteroatoms. The van der Waals surface area contributed by atoms with Crippen molar-refractivity contribution in [3.8, 4) is 0 Å². The van der Waals surface area contributed by atoms with E-state index in [0.29, 0.717) is 25.0 Å². The van der Waals surface area contributed by atoms with Gasteiger partial charge in [0.15, 0.2) is 11.9 Å². The van der Waals surface area contributed by atoms with E-state index in [-0.39, 0.29) is 31.3 Å². The summed E-state index contributed by atoms with van der Waals surface area (Å²) < 4.78 is 0. The first-order valence-electron chi connectivity index (χ1n) is 5.42. The first-order valence-corrected chi connectivity index (χ1v) is 6.23. The van der Waals surface area contributed by atoms with Crippen molar-refractivity contribution in [2.24, 2.45) is 21.5 Å². The van der Waals surface area contributed by atoms with Crippen molar-refractivity contribution >= 4 is 58.5 Å². The number of guanidine groups is 2. The summed E-state index contributed by atoms with van der Waals surface area (Å²) in [6.07, 6.45) is 0. The quantitative estimate of drug-likeness (QED) is 0.289. The molecule has 0 radical (unpaired) electrons. The summed E-state index contributed by atoms with van der Waals surface area (Å²) in [7, 11) is 3.45. The van der Waals surface area contributed by atoms with E-state index in [0.717, 1.165) is 0 Å². The van der Waals surface area contributed by atoms with Gasteiger partial charge in [-0.2, -0.15) is 20.3 Å². The molecule has 0 atom stereocenters. The molecule has 23 heavy (non-hydrogen) atoms. The largest absolute Gasteiger partial charge is 2.00 e. The van der Waals surface area contributed by atoms with E-state index in [1.54, 1.807) is 23.9 Å². The van der Waals surface area contributed by atoms with Crippen molar-refractivity contribution in [1.82, 2.24) is 9.80 Å². The summed E-state index contributed by atoms with van der Waals surface area (Å²) in [6, 6.07) is 0. The monoisotopic (exact) mass is 406 g/mol. The van der Waals surface area contributed by atoms with E-state index < -0.39 is 0 Å². The molecular weight excluding hydrogens is 394 g/mol. The standard InChI is InChI=1S/2C4H7N3O.2CNS.Zn/c2*1-7-2-3(8)6-4(7)5;2*2-1-3;/h2*2H2,1H3,(H2,5,6,8);;;/q;;2*-1;+2. The maximum absolute atomic E-state index is 10.4. The molecule has 120 valence electrons. The first-order chi connectivity index (χ1) is 10.2. The van der Waals surface area contributed by atoms with Gasteiger partial charge in [-0.25, -0.2) is 0 Å². The van der Waals surface area contributed by atoms with Crippen LogP contribution in [0.4, 0.5) is 0 Å². The molecule has 2 heterocycles. The summed E-state index contributed by atoms with van der Waals surface area (Å²) in [4.78, 5) is 30.8. The van der Waals surface area contributed by atoms with Crippen LogP contribution in [0.3, 0.4) is 0 Å². The van der Waals surface area contributed by atoms with Gasteiger partial charge in [0.05, 0.1) is 0 Å². The van der Waals surface area contributed by atoms with Crippen LogP contribution in [0.5, 0.6) is 0 Å². The molecule has 0 spiro atoms. The molecule has 0 aromatic rings. The molecule has 10 nitrogen and oxygen atoms in total. The fourth-order valence-corrected chi connectivity index (χ4v) is 1.06. The van der Waals surface area contributed by atoms with E-state index in [2.05, 4.69) is 34.4 Å². The zero-order valence-corrected chi connectivity index (χ0v) is 17.2. The number of thiocarbonyl (C=S) groups is 2. The van der Waals surface area contributed by atoms with Gasteiger partial charge < -0.3 is 32.1 Å². The molecule has 0 aromatic carbocycles. The van der Waals surface area contributed by atoms with Gasteiger partial charge in [0.25, 0.3) is 11.8 Å². The summed E-state index contributed by atoms with van der Waals surface area (Å²) in [5.74, 6) is 0.306. The number of hydrogen-bond acceptors (Lipinski definition) is 8. The second-order valence-electron chi connectivity index (χ2n) is 3.62. The Morgan fingerprint density at radius 2 is 1.17 bits per heavy atom. The van der Waals surface area contributed by atoms with Crippen molar-refractivity contribution in [3.63, 3.8) is 0 Å². The van der Waals surface area contributed by atoms with E-state index in [1.807, 2.05) is 0 Å². The third kappa shape index (κ3) is 13.5. The van der Waals surface area contributed by atoms with Crippen molar-refractivity contribution in [1.29, 1.82) is 0 Å². The van der Waals surface area contributed by atoms with Gasteiger partial charge in [0.2, 0.25) is 0 Å². The van der Waals surface area contributed by atoms with Crippen LogP contribution in [0.1, 0.15) is 0 Å². The molecule has 2 rings (SSSR count). The number of aliphatic imine (C=N–C) groups is 2. The minimum atomic E-state index is -0.162. The first kappa shape index (κ1) is 26.0. The van der Waals surface area contributed by atoms with Crippen LogP contribution in [-0.2, 0) is 29.1 Å². The van der Waals surface area contributed by atoms with Crippen molar-refractivity contribution in [2.75, 3.05) is 27.2 Å². The molecule has 2 aliphatic heterocycles. The van der Waals surface area contributed by atoms with Gasteiger partial charge in [-0.3, -0.25) is 9.59 Å². The summed E-state index contributed by atoms with van der Waals surface area (Å²) >= 11 is 7.40. The number of amides is 2. The Labute approximate surface area is 156 Å². The van der Waals surface area contributed by atoms with E-state index in [9.17, 15) is 9.59 Å². The zero-order valence-electron chi connectivity index (χ0n) is 12.6. The van der Waals surface area contributed by atoms with Crippen LogP contribution >= 0.6 is 24.4 Å². The predicted octanol–water partition coefficient (Wildman–Crippen LogP) is -1.14. The molecule has 0 unspecified atom stereocenters. The van der Waals surface area contributed by atoms with Gasteiger partial charge in [-0.05, 0) is 0 Å². The Kier molecular flexibility index (Phi) is 17.0. The smallest absolute Gasteiger partial charge is 0.753 e. The second-order valence-corrected chi connectivity index (χ2v) is 3.99. The molecule has 0 fully saturated rings. The number of likely N-dealkylation sites (N-methyl/N-ethyl adjacent to an activating group) is 2. The van der Waals surface area contributed by atoms with Gasteiger partial charge in [-0.15, -0.1) is 0 Å². The maximum atomic E-state index is 10.4. The molecule has 0 aromatic heterocycles. The predicted molar refractivity (Wildman–Crippen MR) is 90.4 cm³/mol. The number of nitrogens with zero attached hydrogens (tertiary/aromatic N) is 6. The molecule has 0 saturated carbocycles. The Morgan fingerprint density at radius 3 is 1.22 bits per heavy atom. The Morgan fingerprint density at radius 1 is 0.957 bits per heavy atom. The summed E-state index contributed by atoms with van der Waals surface area (Å²) in [5.41, 5.74) is 10.4. The Hall–Kier alpha value is -1.90. The molecule has 0 bridgehead atoms. The van der Waals surface area contributed by atoms with Crippen LogP contribution in [0.2, 0.25) is 0 Å². The van der Waals surface area contributed by atoms with Crippen molar-refractivity contribution in [2.45, 2.75) is 0 Å². The SMILES string of the molecule is CN1CC(=O)N=C1N.CN1CC(=O)N=C1N.[N-]=C=S.[N-]=C=S.[Zn+2]. The zero-order chi connectivity index (χ0) is 17.7. The second kappa shape index (κ2) is 15.0. The van der Waals surface area contributed by atoms with Gasteiger partial charge in [0, 0.05) is 14.1 Å². The third-order valence-corrected chi connectivity index (χ3v) is 2.01. The molecule has 2 amide bonds. The van der Waals surface area contributed by atoms with Crippen LogP contribution < -0.4 is 11.5 Å². The number of nitrogens with two attached hydrogens (primary N) is 2. The number of hydrogen-bond donors (Lipinski definition) is 2. The van der Waals surface area contributed by atoms with Gasteiger partial charge in [0.1, 0.15) is 13.1 Å². The average molecular weight is 408 g/mol. The molecule has 4 N–H and O–H groups in total. The normalized spacial score (nSPS) is 14.2. The summed E-state index contributed by atoms with van der Waals surface area (Å²) in [5, 5.41) is 16.9. The van der Waals surface area contributed by atoms with Crippen LogP contribution in [0, 0.1) is 0 Å². The van der Waals surface area contributed by atoms with Crippen LogP contribution in [-0.4, -0.2) is 71.0 Å². The minimum Gasteiger partial charge on any atom is -0.753 e. The molecule has 0 saturated heterocycles. The number of isothiocyanates is 2. The fraction of sp³-hybridized carbons (Fsp3) is 0.400.